The Kier molecular flexibility index (Phi) is 2.80. The minimum absolute atomic E-state index is 0.186. The van der Waals surface area contributed by atoms with E-state index in [1.807, 2.05) is 0 Å². The maximum atomic E-state index is 12.8. The Morgan fingerprint density at radius 2 is 1.86 bits per heavy atom. The van der Waals surface area contributed by atoms with Gasteiger partial charge in [0.1, 0.15) is 5.82 Å². The van der Waals surface area contributed by atoms with Gasteiger partial charge in [0.15, 0.2) is 6.29 Å². The van der Waals surface area contributed by atoms with E-state index >= 15 is 0 Å². The van der Waals surface area contributed by atoms with Crippen LogP contribution >= 0.6 is 11.6 Å². The summed E-state index contributed by atoms with van der Waals surface area (Å²) in [5, 5.41) is -0.422. The van der Waals surface area contributed by atoms with Gasteiger partial charge in [0, 0.05) is 5.56 Å². The van der Waals surface area contributed by atoms with E-state index in [2.05, 4.69) is 0 Å². The van der Waals surface area contributed by atoms with Crippen LogP contribution in [-0.2, 0) is 6.18 Å². The monoisotopic (exact) mass is 226 g/mol. The Bertz CT molecular complexity index is 372. The van der Waals surface area contributed by atoms with Crippen molar-refractivity contribution in [2.75, 3.05) is 0 Å². The van der Waals surface area contributed by atoms with E-state index in [9.17, 15) is 22.4 Å². The number of carbonyl (C=O) groups is 1. The predicted octanol–water partition coefficient (Wildman–Crippen LogP) is 3.31. The highest BCUT2D eigenvalue weighted by molar-refractivity contribution is 6.33. The zero-order chi connectivity index (χ0) is 10.9. The summed E-state index contributed by atoms with van der Waals surface area (Å²) in [4.78, 5) is 10.2. The van der Waals surface area contributed by atoms with Crippen LogP contribution in [0.25, 0.3) is 0 Å². The van der Waals surface area contributed by atoms with Crippen LogP contribution in [0.2, 0.25) is 5.02 Å². The molecule has 0 radical (unpaired) electrons. The average Bonchev–Trinajstić information content (AvgIpc) is 2.06. The maximum Gasteiger partial charge on any atom is 0.419 e. The fourth-order valence-corrected chi connectivity index (χ4v) is 1.08. The van der Waals surface area contributed by atoms with E-state index in [4.69, 9.17) is 11.6 Å². The second-order valence-corrected chi connectivity index (χ2v) is 2.88. The Balaban J connectivity index is 3.36. The highest BCUT2D eigenvalue weighted by Gasteiger charge is 2.34. The first kappa shape index (κ1) is 11.0. The standard InChI is InChI=1S/C8H3ClF4O/c9-6-2-5(8(11,12)13)7(10)1-4(6)3-14/h1-3H. The highest BCUT2D eigenvalue weighted by atomic mass is 35.5. The molecule has 0 N–H and O–H groups in total. The number of aldehydes is 1. The van der Waals surface area contributed by atoms with E-state index in [0.717, 1.165) is 0 Å². The van der Waals surface area contributed by atoms with Gasteiger partial charge in [-0.3, -0.25) is 4.79 Å². The largest absolute Gasteiger partial charge is 0.419 e. The van der Waals surface area contributed by atoms with Crippen molar-refractivity contribution in [1.82, 2.24) is 0 Å². The summed E-state index contributed by atoms with van der Waals surface area (Å²) in [7, 11) is 0. The minimum Gasteiger partial charge on any atom is -0.298 e. The molecule has 1 nitrogen and oxygen atoms in total. The molecule has 1 aromatic rings. The summed E-state index contributed by atoms with van der Waals surface area (Å²) in [6.07, 6.45) is -4.62. The van der Waals surface area contributed by atoms with Crippen molar-refractivity contribution >= 4 is 17.9 Å². The van der Waals surface area contributed by atoms with E-state index < -0.39 is 22.6 Å². The van der Waals surface area contributed by atoms with Crippen LogP contribution in [0.15, 0.2) is 12.1 Å². The number of carbonyl (C=O) groups excluding carboxylic acids is 1. The first-order chi connectivity index (χ1) is 6.36. The molecular formula is C8H3ClF4O. The van der Waals surface area contributed by atoms with Gasteiger partial charge < -0.3 is 0 Å². The maximum absolute atomic E-state index is 12.8. The smallest absolute Gasteiger partial charge is 0.298 e. The van der Waals surface area contributed by atoms with Crippen molar-refractivity contribution in [3.63, 3.8) is 0 Å². The summed E-state index contributed by atoms with van der Waals surface area (Å²) in [5.41, 5.74) is -1.79. The molecule has 0 spiro atoms. The lowest BCUT2D eigenvalue weighted by Crippen LogP contribution is -2.08. The Morgan fingerprint density at radius 1 is 1.29 bits per heavy atom. The lowest BCUT2D eigenvalue weighted by atomic mass is 10.1. The highest BCUT2D eigenvalue weighted by Crippen LogP contribution is 2.33. The summed E-state index contributed by atoms with van der Waals surface area (Å²) in [6.45, 7) is 0. The number of benzene rings is 1. The van der Waals surface area contributed by atoms with Gasteiger partial charge in [0.2, 0.25) is 0 Å². The van der Waals surface area contributed by atoms with Crippen LogP contribution in [0, 0.1) is 5.82 Å². The molecule has 14 heavy (non-hydrogen) atoms. The molecular weight excluding hydrogens is 224 g/mol. The van der Waals surface area contributed by atoms with E-state index in [1.54, 1.807) is 0 Å². The summed E-state index contributed by atoms with van der Waals surface area (Å²) < 4.78 is 49.0. The van der Waals surface area contributed by atoms with Gasteiger partial charge in [0.05, 0.1) is 10.6 Å². The summed E-state index contributed by atoms with van der Waals surface area (Å²) in [5.74, 6) is -1.51. The first-order valence-electron chi connectivity index (χ1n) is 3.37. The molecule has 0 saturated heterocycles. The Hall–Kier alpha value is -1.10. The summed E-state index contributed by atoms with van der Waals surface area (Å²) in [6, 6.07) is 0.846. The molecule has 0 atom stereocenters. The van der Waals surface area contributed by atoms with E-state index in [1.165, 1.54) is 0 Å². The fraction of sp³-hybridized carbons (Fsp3) is 0.125. The summed E-state index contributed by atoms with van der Waals surface area (Å²) >= 11 is 5.31. The zero-order valence-electron chi connectivity index (χ0n) is 6.53. The fourth-order valence-electron chi connectivity index (χ4n) is 0.870. The van der Waals surface area contributed by atoms with Gasteiger partial charge in [0.25, 0.3) is 0 Å². The van der Waals surface area contributed by atoms with Crippen LogP contribution in [0.4, 0.5) is 17.6 Å². The topological polar surface area (TPSA) is 17.1 Å². The quantitative estimate of drug-likeness (QED) is 0.530. The molecule has 76 valence electrons. The SMILES string of the molecule is O=Cc1cc(F)c(C(F)(F)F)cc1Cl. The molecule has 0 saturated carbocycles. The molecule has 0 fully saturated rings. The van der Waals surface area contributed by atoms with Gasteiger partial charge in [-0.1, -0.05) is 11.6 Å². The molecule has 6 heteroatoms. The molecule has 1 aromatic carbocycles. The zero-order valence-corrected chi connectivity index (χ0v) is 7.29. The van der Waals surface area contributed by atoms with Crippen molar-refractivity contribution < 1.29 is 22.4 Å². The van der Waals surface area contributed by atoms with Crippen molar-refractivity contribution in [2.45, 2.75) is 6.18 Å². The molecule has 0 aromatic heterocycles. The van der Waals surface area contributed by atoms with Crippen LogP contribution in [0.5, 0.6) is 0 Å². The second-order valence-electron chi connectivity index (χ2n) is 2.47. The van der Waals surface area contributed by atoms with E-state index in [0.29, 0.717) is 12.1 Å². The minimum atomic E-state index is -4.81. The molecule has 0 aliphatic heterocycles. The number of hydrogen-bond acceptors (Lipinski definition) is 1. The molecule has 0 unspecified atom stereocenters. The number of hydrogen-bond donors (Lipinski definition) is 0. The third-order valence-electron chi connectivity index (χ3n) is 1.52. The van der Waals surface area contributed by atoms with Crippen molar-refractivity contribution in [2.24, 2.45) is 0 Å². The first-order valence-corrected chi connectivity index (χ1v) is 3.75. The third-order valence-corrected chi connectivity index (χ3v) is 1.85. The normalized spacial score (nSPS) is 11.5. The van der Waals surface area contributed by atoms with Crippen molar-refractivity contribution in [1.29, 1.82) is 0 Å². The molecule has 0 heterocycles. The Morgan fingerprint density at radius 3 is 2.29 bits per heavy atom. The lowest BCUT2D eigenvalue weighted by Gasteiger charge is -2.08. The van der Waals surface area contributed by atoms with Crippen LogP contribution in [0.3, 0.4) is 0 Å². The second kappa shape index (κ2) is 3.57. The molecule has 0 aliphatic rings. The number of alkyl halides is 3. The van der Waals surface area contributed by atoms with Gasteiger partial charge in [-0.05, 0) is 12.1 Å². The van der Waals surface area contributed by atoms with Gasteiger partial charge in [-0.2, -0.15) is 13.2 Å². The van der Waals surface area contributed by atoms with Crippen LogP contribution in [-0.4, -0.2) is 6.29 Å². The number of rotatable bonds is 1. The van der Waals surface area contributed by atoms with Crippen molar-refractivity contribution in [3.8, 4) is 0 Å². The molecule has 0 bridgehead atoms. The predicted molar refractivity (Wildman–Crippen MR) is 41.8 cm³/mol. The van der Waals surface area contributed by atoms with Gasteiger partial charge in [-0.15, -0.1) is 0 Å². The molecule has 1 rings (SSSR count). The van der Waals surface area contributed by atoms with E-state index in [-0.39, 0.29) is 11.8 Å². The third kappa shape index (κ3) is 2.04. The Labute approximate surface area is 81.3 Å². The molecule has 0 amide bonds. The number of halogens is 5. The molecule has 0 aliphatic carbocycles. The van der Waals surface area contributed by atoms with Crippen LogP contribution < -0.4 is 0 Å². The lowest BCUT2D eigenvalue weighted by molar-refractivity contribution is -0.140. The average molecular weight is 227 g/mol. The van der Waals surface area contributed by atoms with Crippen molar-refractivity contribution in [3.05, 3.63) is 34.1 Å². The van der Waals surface area contributed by atoms with Gasteiger partial charge >= 0.3 is 6.18 Å². The van der Waals surface area contributed by atoms with Gasteiger partial charge in [-0.25, -0.2) is 4.39 Å². The van der Waals surface area contributed by atoms with Crippen LogP contribution in [0.1, 0.15) is 15.9 Å².